The maximum absolute atomic E-state index is 11.4. The molecule has 0 bridgehead atoms. The van der Waals surface area contributed by atoms with Crippen LogP contribution in [0.5, 0.6) is 0 Å². The van der Waals surface area contributed by atoms with Crippen molar-refractivity contribution in [1.82, 2.24) is 15.2 Å². The van der Waals surface area contributed by atoms with E-state index in [0.717, 1.165) is 36.3 Å². The third-order valence-electron chi connectivity index (χ3n) is 3.60. The predicted octanol–water partition coefficient (Wildman–Crippen LogP) is 1.90. The number of aromatic nitrogens is 3. The fourth-order valence-electron chi connectivity index (χ4n) is 2.75. The van der Waals surface area contributed by atoms with Crippen LogP contribution in [0.15, 0.2) is 24.7 Å². The van der Waals surface area contributed by atoms with Gasteiger partial charge in [0.2, 0.25) is 0 Å². The first kappa shape index (κ1) is 13.8. The van der Waals surface area contributed by atoms with Gasteiger partial charge in [0.1, 0.15) is 0 Å². The molecule has 6 heteroatoms. The zero-order chi connectivity index (χ0) is 14.8. The number of hydrogen-bond acceptors (Lipinski definition) is 5. The quantitative estimate of drug-likeness (QED) is 0.873. The lowest BCUT2D eigenvalue weighted by Crippen LogP contribution is -2.45. The molecule has 21 heavy (non-hydrogen) atoms. The number of nitrogens with one attached hydrogen (secondary N) is 1. The van der Waals surface area contributed by atoms with E-state index < -0.39 is 0 Å². The van der Waals surface area contributed by atoms with E-state index in [9.17, 15) is 4.79 Å². The van der Waals surface area contributed by atoms with Gasteiger partial charge in [-0.25, -0.2) is 0 Å². The maximum atomic E-state index is 11.4. The summed E-state index contributed by atoms with van der Waals surface area (Å²) in [6.07, 6.45) is 6.37. The van der Waals surface area contributed by atoms with Crippen LogP contribution in [0.4, 0.5) is 5.69 Å². The average molecular weight is 286 g/mol. The van der Waals surface area contributed by atoms with Crippen molar-refractivity contribution in [1.29, 1.82) is 0 Å². The van der Waals surface area contributed by atoms with Gasteiger partial charge in [-0.05, 0) is 19.9 Å². The van der Waals surface area contributed by atoms with Gasteiger partial charge in [-0.2, -0.15) is 5.10 Å². The van der Waals surface area contributed by atoms with Crippen LogP contribution in [0.25, 0.3) is 11.3 Å². The number of nitrogens with zero attached hydrogens (tertiary/aromatic N) is 3. The summed E-state index contributed by atoms with van der Waals surface area (Å²) >= 11 is 0. The highest BCUT2D eigenvalue weighted by Crippen LogP contribution is 2.26. The number of carbonyl (C=O) groups excluding carboxylic acids is 1. The minimum absolute atomic E-state index is 0.141. The van der Waals surface area contributed by atoms with Crippen LogP contribution in [0.3, 0.4) is 0 Å². The smallest absolute Gasteiger partial charge is 0.152 e. The van der Waals surface area contributed by atoms with Gasteiger partial charge < -0.3 is 9.64 Å². The Balaban J connectivity index is 1.94. The number of carbonyl (C=O) groups is 1. The van der Waals surface area contributed by atoms with Crippen molar-refractivity contribution in [3.05, 3.63) is 30.2 Å². The molecule has 6 nitrogen and oxygen atoms in total. The molecule has 1 saturated heterocycles. The maximum Gasteiger partial charge on any atom is 0.152 e. The molecule has 0 radical (unpaired) electrons. The molecule has 1 aliphatic heterocycles. The van der Waals surface area contributed by atoms with Crippen molar-refractivity contribution in [2.75, 3.05) is 18.0 Å². The van der Waals surface area contributed by atoms with Crippen molar-refractivity contribution in [3.63, 3.8) is 0 Å². The number of H-pyrrole nitrogens is 1. The summed E-state index contributed by atoms with van der Waals surface area (Å²) in [5, 5.41) is 6.66. The van der Waals surface area contributed by atoms with Crippen LogP contribution in [0, 0.1) is 0 Å². The van der Waals surface area contributed by atoms with Gasteiger partial charge in [-0.1, -0.05) is 0 Å². The van der Waals surface area contributed by atoms with Crippen LogP contribution in [0.2, 0.25) is 0 Å². The Morgan fingerprint density at radius 2 is 2.10 bits per heavy atom. The van der Waals surface area contributed by atoms with Gasteiger partial charge in [0.15, 0.2) is 6.29 Å². The van der Waals surface area contributed by atoms with Crippen molar-refractivity contribution in [3.8, 4) is 11.3 Å². The van der Waals surface area contributed by atoms with Crippen molar-refractivity contribution < 1.29 is 9.53 Å². The summed E-state index contributed by atoms with van der Waals surface area (Å²) in [4.78, 5) is 18.1. The van der Waals surface area contributed by atoms with E-state index in [1.54, 1.807) is 24.7 Å². The Hall–Kier alpha value is -2.21. The second kappa shape index (κ2) is 5.65. The zero-order valence-electron chi connectivity index (χ0n) is 12.1. The lowest BCUT2D eigenvalue weighted by molar-refractivity contribution is -0.00527. The van der Waals surface area contributed by atoms with Gasteiger partial charge in [-0.15, -0.1) is 0 Å². The molecule has 0 spiro atoms. The van der Waals surface area contributed by atoms with Crippen LogP contribution < -0.4 is 4.90 Å². The van der Waals surface area contributed by atoms with E-state index in [1.807, 2.05) is 13.8 Å². The molecule has 1 fully saturated rings. The fraction of sp³-hybridized carbons (Fsp3) is 0.400. The molecule has 1 aliphatic rings. The number of anilines is 1. The van der Waals surface area contributed by atoms with Crippen molar-refractivity contribution in [2.24, 2.45) is 0 Å². The second-order valence-electron chi connectivity index (χ2n) is 5.40. The molecule has 2 atom stereocenters. The normalized spacial score (nSPS) is 22.3. The topological polar surface area (TPSA) is 71.1 Å². The lowest BCUT2D eigenvalue weighted by atomic mass is 10.1. The second-order valence-corrected chi connectivity index (χ2v) is 5.40. The van der Waals surface area contributed by atoms with Crippen LogP contribution in [-0.2, 0) is 4.74 Å². The third kappa shape index (κ3) is 2.80. The first-order valence-corrected chi connectivity index (χ1v) is 7.02. The van der Waals surface area contributed by atoms with E-state index in [2.05, 4.69) is 20.1 Å². The zero-order valence-corrected chi connectivity index (χ0v) is 12.1. The van der Waals surface area contributed by atoms with Crippen LogP contribution in [-0.4, -0.2) is 46.8 Å². The highest BCUT2D eigenvalue weighted by Gasteiger charge is 2.24. The number of rotatable bonds is 3. The number of pyridine rings is 1. The highest BCUT2D eigenvalue weighted by molar-refractivity contribution is 5.86. The summed E-state index contributed by atoms with van der Waals surface area (Å²) in [5.41, 5.74) is 3.11. The molecule has 0 aromatic carbocycles. The first-order chi connectivity index (χ1) is 10.2. The number of ether oxygens (including phenoxy) is 1. The van der Waals surface area contributed by atoms with Gasteiger partial charge in [0, 0.05) is 30.4 Å². The van der Waals surface area contributed by atoms with Gasteiger partial charge >= 0.3 is 0 Å². The fourth-order valence-corrected chi connectivity index (χ4v) is 2.75. The molecule has 0 saturated carbocycles. The molecule has 2 aromatic heterocycles. The molecule has 3 heterocycles. The Bertz CT molecular complexity index is 617. The van der Waals surface area contributed by atoms with Crippen molar-refractivity contribution in [2.45, 2.75) is 26.1 Å². The van der Waals surface area contributed by atoms with Crippen molar-refractivity contribution >= 4 is 12.0 Å². The Labute approximate surface area is 123 Å². The molecule has 3 rings (SSSR count). The monoisotopic (exact) mass is 286 g/mol. The molecular weight excluding hydrogens is 268 g/mol. The molecule has 0 aliphatic carbocycles. The van der Waals surface area contributed by atoms with E-state index in [1.165, 1.54) is 0 Å². The summed E-state index contributed by atoms with van der Waals surface area (Å²) in [7, 11) is 0. The summed E-state index contributed by atoms with van der Waals surface area (Å²) in [6, 6.07) is 1.80. The molecule has 0 amide bonds. The van der Waals surface area contributed by atoms with Gasteiger partial charge in [0.25, 0.3) is 0 Å². The lowest BCUT2D eigenvalue weighted by Gasteiger charge is -2.37. The number of aromatic amines is 1. The van der Waals surface area contributed by atoms with E-state index in [0.29, 0.717) is 5.56 Å². The molecule has 2 aromatic rings. The Morgan fingerprint density at radius 1 is 1.33 bits per heavy atom. The number of aldehydes is 1. The summed E-state index contributed by atoms with van der Waals surface area (Å²) in [5.74, 6) is 0. The number of hydrogen-bond donors (Lipinski definition) is 1. The largest absolute Gasteiger partial charge is 0.372 e. The summed E-state index contributed by atoms with van der Waals surface area (Å²) < 4.78 is 5.73. The first-order valence-electron chi connectivity index (χ1n) is 7.02. The van der Waals surface area contributed by atoms with Gasteiger partial charge in [0.05, 0.1) is 36.0 Å². The van der Waals surface area contributed by atoms with E-state index in [4.69, 9.17) is 4.74 Å². The van der Waals surface area contributed by atoms with E-state index >= 15 is 0 Å². The minimum Gasteiger partial charge on any atom is -0.372 e. The molecule has 110 valence electrons. The molecule has 0 unspecified atom stereocenters. The standard InChI is InChI=1S/C15H18N4O2/c1-10-7-19(8-11(2)21-10)15-6-16-14(3-12(15)9-20)13-4-17-18-5-13/h3-6,9-11H,7-8H2,1-2H3,(H,17,18)/t10-,11+. The van der Waals surface area contributed by atoms with Crippen LogP contribution in [0.1, 0.15) is 24.2 Å². The van der Waals surface area contributed by atoms with Crippen LogP contribution >= 0.6 is 0 Å². The Kier molecular flexibility index (Phi) is 3.70. The SMILES string of the molecule is C[C@@H]1CN(c2cnc(-c3cn[nH]c3)cc2C=O)C[C@H](C)O1. The average Bonchev–Trinajstić information content (AvgIpc) is 2.99. The molecular formula is C15H18N4O2. The van der Waals surface area contributed by atoms with Gasteiger partial charge in [-0.3, -0.25) is 14.9 Å². The Morgan fingerprint density at radius 3 is 2.71 bits per heavy atom. The summed E-state index contributed by atoms with van der Waals surface area (Å²) in [6.45, 7) is 5.60. The minimum atomic E-state index is 0.141. The number of morpholine rings is 1. The molecule has 1 N–H and O–H groups in total. The third-order valence-corrected chi connectivity index (χ3v) is 3.60. The highest BCUT2D eigenvalue weighted by atomic mass is 16.5. The predicted molar refractivity (Wildman–Crippen MR) is 79.4 cm³/mol. The van der Waals surface area contributed by atoms with E-state index in [-0.39, 0.29) is 12.2 Å².